The molecule has 0 amide bonds. The molecule has 0 fully saturated rings. The zero-order valence-electron chi connectivity index (χ0n) is 12.0. The average molecular weight is 416 g/mol. The molecule has 4 nitrogen and oxygen atoms in total. The molecule has 2 rings (SSSR count). The first kappa shape index (κ1) is 16.1. The Hall–Kier alpha value is -1.27. The lowest BCUT2D eigenvalue weighted by molar-refractivity contribution is 0.355. The van der Waals surface area contributed by atoms with Crippen LogP contribution in [0.5, 0.6) is 11.5 Å². The van der Waals surface area contributed by atoms with E-state index in [0.29, 0.717) is 12.3 Å². The minimum atomic E-state index is 0.615. The molecule has 2 aromatic rings. The molecule has 112 valence electrons. The number of rotatable bonds is 5. The fourth-order valence-corrected chi connectivity index (χ4v) is 3.05. The summed E-state index contributed by atoms with van der Waals surface area (Å²) in [5.41, 5.74) is 3.01. The predicted octanol–water partition coefficient (Wildman–Crippen LogP) is 4.54. The molecule has 1 N–H and O–H groups in total. The normalized spacial score (nSPS) is 10.3. The maximum Gasteiger partial charge on any atom is 0.162 e. The molecule has 1 heterocycles. The van der Waals surface area contributed by atoms with Crippen LogP contribution in [0.2, 0.25) is 0 Å². The maximum atomic E-state index is 5.33. The van der Waals surface area contributed by atoms with Crippen LogP contribution in [0.3, 0.4) is 0 Å². The van der Waals surface area contributed by atoms with Gasteiger partial charge in [-0.15, -0.1) is 0 Å². The topological polar surface area (TPSA) is 43.4 Å². The third-order valence-corrected chi connectivity index (χ3v) is 4.18. The molecule has 0 atom stereocenters. The summed E-state index contributed by atoms with van der Waals surface area (Å²) < 4.78 is 12.5. The Balaban J connectivity index is 2.19. The summed E-state index contributed by atoms with van der Waals surface area (Å²) in [5.74, 6) is 1.43. The molecule has 6 heteroatoms. The summed E-state index contributed by atoms with van der Waals surface area (Å²) in [4.78, 5) is 4.39. The molecule has 0 aliphatic carbocycles. The molecule has 0 unspecified atom stereocenters. The number of anilines is 1. The molecule has 1 aromatic carbocycles. The minimum absolute atomic E-state index is 0.615. The summed E-state index contributed by atoms with van der Waals surface area (Å²) in [6, 6.07) is 5.86. The molecule has 0 saturated carbocycles. The second kappa shape index (κ2) is 7.13. The van der Waals surface area contributed by atoms with Gasteiger partial charge in [-0.1, -0.05) is 0 Å². The van der Waals surface area contributed by atoms with Gasteiger partial charge in [-0.2, -0.15) is 0 Å². The van der Waals surface area contributed by atoms with E-state index >= 15 is 0 Å². The van der Waals surface area contributed by atoms with Gasteiger partial charge in [0.05, 0.1) is 26.5 Å². The third kappa shape index (κ3) is 3.89. The van der Waals surface area contributed by atoms with Gasteiger partial charge in [0.1, 0.15) is 0 Å². The fourth-order valence-electron chi connectivity index (χ4n) is 1.92. The molecular weight excluding hydrogens is 400 g/mol. The van der Waals surface area contributed by atoms with E-state index in [0.717, 1.165) is 31.6 Å². The predicted molar refractivity (Wildman–Crippen MR) is 91.2 cm³/mol. The van der Waals surface area contributed by atoms with Gasteiger partial charge in [0, 0.05) is 26.9 Å². The summed E-state index contributed by atoms with van der Waals surface area (Å²) in [6.45, 7) is 2.64. The molecule has 1 aromatic heterocycles. The van der Waals surface area contributed by atoms with E-state index in [9.17, 15) is 0 Å². The number of nitrogens with zero attached hydrogens (tertiary/aromatic N) is 1. The van der Waals surface area contributed by atoms with E-state index in [4.69, 9.17) is 9.47 Å². The smallest absolute Gasteiger partial charge is 0.162 e. The van der Waals surface area contributed by atoms with E-state index in [2.05, 4.69) is 42.2 Å². The van der Waals surface area contributed by atoms with Gasteiger partial charge in [-0.25, -0.2) is 0 Å². The largest absolute Gasteiger partial charge is 0.493 e. The van der Waals surface area contributed by atoms with Gasteiger partial charge < -0.3 is 14.8 Å². The number of pyridine rings is 1. The number of nitrogens with one attached hydrogen (secondary N) is 1. The van der Waals surface area contributed by atoms with Crippen molar-refractivity contribution < 1.29 is 9.47 Å². The van der Waals surface area contributed by atoms with E-state index in [1.165, 1.54) is 0 Å². The number of hydrogen-bond donors (Lipinski definition) is 1. The summed E-state index contributed by atoms with van der Waals surface area (Å²) in [6.07, 6.45) is 1.78. The molecule has 0 aliphatic rings. The van der Waals surface area contributed by atoms with Crippen LogP contribution in [0.15, 0.2) is 33.3 Å². The van der Waals surface area contributed by atoms with E-state index in [1.807, 2.05) is 25.1 Å². The van der Waals surface area contributed by atoms with Crippen molar-refractivity contribution in [3.63, 3.8) is 0 Å². The minimum Gasteiger partial charge on any atom is -0.493 e. The number of hydrogen-bond acceptors (Lipinski definition) is 4. The molecule has 0 aliphatic heterocycles. The van der Waals surface area contributed by atoms with Crippen molar-refractivity contribution in [2.75, 3.05) is 19.5 Å². The SMILES string of the molecule is COc1cc(C)c(NCc2ncc(Br)cc2Br)cc1OC. The lowest BCUT2D eigenvalue weighted by Crippen LogP contribution is -2.04. The highest BCUT2D eigenvalue weighted by Crippen LogP contribution is 2.33. The van der Waals surface area contributed by atoms with Gasteiger partial charge in [0.25, 0.3) is 0 Å². The van der Waals surface area contributed by atoms with Crippen molar-refractivity contribution in [1.29, 1.82) is 0 Å². The summed E-state index contributed by atoms with van der Waals surface area (Å²) in [5, 5.41) is 3.37. The van der Waals surface area contributed by atoms with Crippen LogP contribution in [0.4, 0.5) is 5.69 Å². The molecule has 0 radical (unpaired) electrons. The van der Waals surface area contributed by atoms with Crippen LogP contribution in [0, 0.1) is 6.92 Å². The summed E-state index contributed by atoms with van der Waals surface area (Å²) >= 11 is 6.91. The Morgan fingerprint density at radius 1 is 1.10 bits per heavy atom. The Bertz CT molecular complexity index is 648. The number of ether oxygens (including phenoxy) is 2. The van der Waals surface area contributed by atoms with Crippen molar-refractivity contribution in [1.82, 2.24) is 4.98 Å². The van der Waals surface area contributed by atoms with Crippen LogP contribution < -0.4 is 14.8 Å². The molecule has 0 bridgehead atoms. The van der Waals surface area contributed by atoms with E-state index < -0.39 is 0 Å². The third-order valence-electron chi connectivity index (χ3n) is 3.06. The van der Waals surface area contributed by atoms with Crippen molar-refractivity contribution in [3.05, 3.63) is 44.6 Å². The first-order valence-corrected chi connectivity index (χ1v) is 7.90. The molecule has 0 spiro atoms. The number of halogens is 2. The molecule has 0 saturated heterocycles. The Morgan fingerprint density at radius 3 is 2.38 bits per heavy atom. The van der Waals surface area contributed by atoms with Crippen molar-refractivity contribution >= 4 is 37.5 Å². The zero-order valence-corrected chi connectivity index (χ0v) is 15.2. The number of aromatic nitrogens is 1. The Morgan fingerprint density at radius 2 is 1.76 bits per heavy atom. The highest BCUT2D eigenvalue weighted by molar-refractivity contribution is 9.11. The maximum absolute atomic E-state index is 5.33. The molecular formula is C15H16Br2N2O2. The molecule has 21 heavy (non-hydrogen) atoms. The Labute approximate surface area is 141 Å². The van der Waals surface area contributed by atoms with Crippen molar-refractivity contribution in [2.24, 2.45) is 0 Å². The lowest BCUT2D eigenvalue weighted by Gasteiger charge is -2.14. The van der Waals surface area contributed by atoms with Gasteiger partial charge in [0.2, 0.25) is 0 Å². The Kier molecular flexibility index (Phi) is 5.47. The van der Waals surface area contributed by atoms with Crippen molar-refractivity contribution in [2.45, 2.75) is 13.5 Å². The monoisotopic (exact) mass is 414 g/mol. The summed E-state index contributed by atoms with van der Waals surface area (Å²) in [7, 11) is 3.26. The van der Waals surface area contributed by atoms with Gasteiger partial charge >= 0.3 is 0 Å². The zero-order chi connectivity index (χ0) is 15.4. The van der Waals surface area contributed by atoms with Crippen LogP contribution in [-0.4, -0.2) is 19.2 Å². The number of methoxy groups -OCH3 is 2. The van der Waals surface area contributed by atoms with E-state index in [1.54, 1.807) is 20.4 Å². The van der Waals surface area contributed by atoms with Crippen molar-refractivity contribution in [3.8, 4) is 11.5 Å². The first-order valence-electron chi connectivity index (χ1n) is 6.31. The number of benzene rings is 1. The highest BCUT2D eigenvalue weighted by Gasteiger charge is 2.09. The lowest BCUT2D eigenvalue weighted by atomic mass is 10.1. The highest BCUT2D eigenvalue weighted by atomic mass is 79.9. The quantitative estimate of drug-likeness (QED) is 0.778. The second-order valence-electron chi connectivity index (χ2n) is 4.46. The van der Waals surface area contributed by atoms with E-state index in [-0.39, 0.29) is 0 Å². The standard InChI is InChI=1S/C15H16Br2N2O2/c1-9-4-14(20-2)15(21-3)6-12(9)19-8-13-11(17)5-10(16)7-18-13/h4-7,19H,8H2,1-3H3. The van der Waals surface area contributed by atoms with Crippen LogP contribution in [0.1, 0.15) is 11.3 Å². The van der Waals surface area contributed by atoms with Gasteiger partial charge in [0.15, 0.2) is 11.5 Å². The van der Waals surface area contributed by atoms with Crippen LogP contribution >= 0.6 is 31.9 Å². The second-order valence-corrected chi connectivity index (χ2v) is 6.23. The number of aryl methyl sites for hydroxylation is 1. The van der Waals surface area contributed by atoms with Gasteiger partial charge in [-0.3, -0.25) is 4.98 Å². The van der Waals surface area contributed by atoms with Gasteiger partial charge in [-0.05, 0) is 56.5 Å². The first-order chi connectivity index (χ1) is 10.0. The average Bonchev–Trinajstić information content (AvgIpc) is 2.47. The van der Waals surface area contributed by atoms with Crippen LogP contribution in [-0.2, 0) is 6.54 Å². The fraction of sp³-hybridized carbons (Fsp3) is 0.267. The van der Waals surface area contributed by atoms with Crippen LogP contribution in [0.25, 0.3) is 0 Å².